The summed E-state index contributed by atoms with van der Waals surface area (Å²) in [7, 11) is 0. The van der Waals surface area contributed by atoms with Crippen LogP contribution in [0.4, 0.5) is 0 Å². The Morgan fingerprint density at radius 1 is 1.28 bits per heavy atom. The van der Waals surface area contributed by atoms with Crippen LogP contribution in [0.1, 0.15) is 63.2 Å². The molecule has 3 aliphatic carbocycles. The molecule has 1 saturated carbocycles. The maximum absolute atomic E-state index is 13.9. The van der Waals surface area contributed by atoms with Gasteiger partial charge in [0.1, 0.15) is 6.04 Å². The quantitative estimate of drug-likeness (QED) is 0.438. The summed E-state index contributed by atoms with van der Waals surface area (Å²) < 4.78 is 0. The van der Waals surface area contributed by atoms with Crippen molar-refractivity contribution in [3.05, 3.63) is 69.6 Å². The molecule has 32 heavy (non-hydrogen) atoms. The summed E-state index contributed by atoms with van der Waals surface area (Å²) in [6, 6.07) is 4.33. The average molecular weight is 471 g/mol. The fourth-order valence-electron chi connectivity index (χ4n) is 5.06. The monoisotopic (exact) mass is 470 g/mol. The van der Waals surface area contributed by atoms with Gasteiger partial charge in [0.25, 0.3) is 0 Å². The van der Waals surface area contributed by atoms with Crippen LogP contribution in [0.3, 0.4) is 0 Å². The molecule has 1 amide bonds. The van der Waals surface area contributed by atoms with Crippen molar-refractivity contribution in [3.8, 4) is 0 Å². The lowest BCUT2D eigenvalue weighted by Gasteiger charge is -2.38. The summed E-state index contributed by atoms with van der Waals surface area (Å²) in [6.45, 7) is 2.97. The Morgan fingerprint density at radius 2 is 2.12 bits per heavy atom. The van der Waals surface area contributed by atoms with Crippen LogP contribution in [0, 0.1) is 0 Å². The molecular weight excluding hydrogens is 436 g/mol. The number of thiophene rings is 1. The maximum atomic E-state index is 13.9. The predicted octanol–water partition coefficient (Wildman–Crippen LogP) is 6.53. The fraction of sp³-hybridized carbons (Fsp3) is 0.519. The standard InChI is InChI=1S/C27H35ClN2OS/c1-20-8-5-6-12-25(20)26(27(31)29-22-9-3-2-4-10-22)30(18-17-24-11-7-19-32-24)23-15-13-21(28)14-16-23/h5,7-8,11,13,15-16,19,21-22,26H,2-4,6,9-10,12,14,17-18H2,1H3,(H,29,31). The summed E-state index contributed by atoms with van der Waals surface area (Å²) in [4.78, 5) is 17.6. The Bertz CT molecular complexity index is 893. The van der Waals surface area contributed by atoms with Gasteiger partial charge in [-0.25, -0.2) is 0 Å². The Balaban J connectivity index is 1.65. The van der Waals surface area contributed by atoms with E-state index in [1.807, 2.05) is 0 Å². The minimum Gasteiger partial charge on any atom is -0.356 e. The molecule has 0 saturated heterocycles. The first-order chi connectivity index (χ1) is 15.6. The minimum absolute atomic E-state index is 0.0333. The molecule has 1 aromatic rings. The van der Waals surface area contributed by atoms with E-state index in [1.54, 1.807) is 11.3 Å². The zero-order valence-corrected chi connectivity index (χ0v) is 20.6. The molecule has 1 heterocycles. The number of hydrogen-bond acceptors (Lipinski definition) is 3. The molecule has 0 aliphatic heterocycles. The number of carbonyl (C=O) groups excluding carboxylic acids is 1. The van der Waals surface area contributed by atoms with Crippen LogP contribution >= 0.6 is 22.9 Å². The topological polar surface area (TPSA) is 32.3 Å². The van der Waals surface area contributed by atoms with E-state index in [0.29, 0.717) is 6.04 Å². The van der Waals surface area contributed by atoms with Gasteiger partial charge in [-0.15, -0.1) is 22.9 Å². The first-order valence-electron chi connectivity index (χ1n) is 12.1. The highest BCUT2D eigenvalue weighted by Gasteiger charge is 2.33. The van der Waals surface area contributed by atoms with Crippen molar-refractivity contribution in [1.82, 2.24) is 10.2 Å². The molecule has 3 aliphatic rings. The van der Waals surface area contributed by atoms with Crippen LogP contribution in [0.25, 0.3) is 0 Å². The van der Waals surface area contributed by atoms with E-state index < -0.39 is 0 Å². The Labute approximate surface area is 201 Å². The molecule has 172 valence electrons. The smallest absolute Gasteiger partial charge is 0.247 e. The third kappa shape index (κ3) is 5.96. The first-order valence-corrected chi connectivity index (χ1v) is 13.4. The van der Waals surface area contributed by atoms with E-state index in [4.69, 9.17) is 11.6 Å². The summed E-state index contributed by atoms with van der Waals surface area (Å²) in [5.41, 5.74) is 3.61. The highest BCUT2D eigenvalue weighted by atomic mass is 35.5. The summed E-state index contributed by atoms with van der Waals surface area (Å²) in [6.07, 6.45) is 20.4. The van der Waals surface area contributed by atoms with Crippen LogP contribution in [-0.2, 0) is 11.2 Å². The summed E-state index contributed by atoms with van der Waals surface area (Å²) in [5.74, 6) is 0.162. The van der Waals surface area contributed by atoms with Gasteiger partial charge in [-0.05, 0) is 74.1 Å². The second-order valence-electron chi connectivity index (χ2n) is 9.16. The summed E-state index contributed by atoms with van der Waals surface area (Å²) >= 11 is 8.13. The van der Waals surface area contributed by atoms with Crippen LogP contribution < -0.4 is 5.32 Å². The maximum Gasteiger partial charge on any atom is 0.247 e. The molecule has 0 radical (unpaired) electrons. The third-order valence-electron chi connectivity index (χ3n) is 6.84. The largest absolute Gasteiger partial charge is 0.356 e. The van der Waals surface area contributed by atoms with Crippen molar-refractivity contribution in [2.75, 3.05) is 6.54 Å². The van der Waals surface area contributed by atoms with Crippen LogP contribution in [0.5, 0.6) is 0 Å². The number of carbonyl (C=O) groups is 1. The molecule has 1 N–H and O–H groups in total. The number of allylic oxidation sites excluding steroid dienone is 6. The van der Waals surface area contributed by atoms with Crippen molar-refractivity contribution in [2.45, 2.75) is 82.2 Å². The highest BCUT2D eigenvalue weighted by molar-refractivity contribution is 7.09. The van der Waals surface area contributed by atoms with E-state index in [-0.39, 0.29) is 17.3 Å². The van der Waals surface area contributed by atoms with E-state index in [0.717, 1.165) is 50.8 Å². The Morgan fingerprint density at radius 3 is 2.81 bits per heavy atom. The van der Waals surface area contributed by atoms with Gasteiger partial charge in [0, 0.05) is 23.2 Å². The molecule has 4 rings (SSSR count). The van der Waals surface area contributed by atoms with Gasteiger partial charge in [-0.2, -0.15) is 0 Å². The number of alkyl halides is 1. The second-order valence-corrected chi connectivity index (χ2v) is 10.8. The number of rotatable bonds is 8. The van der Waals surface area contributed by atoms with Gasteiger partial charge >= 0.3 is 0 Å². The van der Waals surface area contributed by atoms with Gasteiger partial charge in [0.05, 0.1) is 5.38 Å². The number of hydrogen-bond donors (Lipinski definition) is 1. The SMILES string of the molecule is CC1=C(C(C(=O)NC2CCCCC2)N(CCc2cccs2)C2=CCC(Cl)C=C2)CCC=C1. The lowest BCUT2D eigenvalue weighted by atomic mass is 9.89. The van der Waals surface area contributed by atoms with E-state index in [1.165, 1.54) is 35.3 Å². The normalized spacial score (nSPS) is 22.6. The van der Waals surface area contributed by atoms with Gasteiger partial charge in [0.15, 0.2) is 0 Å². The van der Waals surface area contributed by atoms with E-state index in [9.17, 15) is 4.79 Å². The molecule has 0 spiro atoms. The highest BCUT2D eigenvalue weighted by Crippen LogP contribution is 2.31. The number of amides is 1. The number of nitrogens with zero attached hydrogens (tertiary/aromatic N) is 1. The van der Waals surface area contributed by atoms with Gasteiger partial charge in [0.2, 0.25) is 5.91 Å². The molecule has 5 heteroatoms. The minimum atomic E-state index is -0.274. The molecule has 1 aromatic heterocycles. The molecule has 2 unspecified atom stereocenters. The summed E-state index contributed by atoms with van der Waals surface area (Å²) in [5, 5.41) is 5.61. The molecule has 0 aromatic carbocycles. The Kier molecular flexibility index (Phi) is 8.31. The van der Waals surface area contributed by atoms with Gasteiger partial charge < -0.3 is 10.2 Å². The molecule has 2 atom stereocenters. The van der Waals surface area contributed by atoms with Crippen LogP contribution in [0.15, 0.2) is 64.7 Å². The van der Waals surface area contributed by atoms with Crippen molar-refractivity contribution in [1.29, 1.82) is 0 Å². The number of halogens is 1. The predicted molar refractivity (Wildman–Crippen MR) is 136 cm³/mol. The number of nitrogens with one attached hydrogen (secondary N) is 1. The molecule has 0 bridgehead atoms. The average Bonchev–Trinajstić information content (AvgIpc) is 3.32. The van der Waals surface area contributed by atoms with Gasteiger partial charge in [-0.3, -0.25) is 4.79 Å². The van der Waals surface area contributed by atoms with Crippen molar-refractivity contribution in [3.63, 3.8) is 0 Å². The third-order valence-corrected chi connectivity index (χ3v) is 8.09. The molecular formula is C27H35ClN2OS. The van der Waals surface area contributed by atoms with Crippen LogP contribution in [-0.4, -0.2) is 34.8 Å². The van der Waals surface area contributed by atoms with Gasteiger partial charge in [-0.1, -0.05) is 49.6 Å². The molecule has 3 nitrogen and oxygen atoms in total. The second kappa shape index (κ2) is 11.4. The van der Waals surface area contributed by atoms with Crippen LogP contribution in [0.2, 0.25) is 0 Å². The lowest BCUT2D eigenvalue weighted by molar-refractivity contribution is -0.125. The fourth-order valence-corrected chi connectivity index (χ4v) is 5.92. The van der Waals surface area contributed by atoms with E-state index >= 15 is 0 Å². The zero-order chi connectivity index (χ0) is 22.3. The lowest BCUT2D eigenvalue weighted by Crippen LogP contribution is -2.51. The van der Waals surface area contributed by atoms with Crippen molar-refractivity contribution >= 4 is 28.8 Å². The van der Waals surface area contributed by atoms with Crippen molar-refractivity contribution in [2.24, 2.45) is 0 Å². The van der Waals surface area contributed by atoms with E-state index in [2.05, 4.69) is 65.0 Å². The molecule has 1 fully saturated rings. The zero-order valence-electron chi connectivity index (χ0n) is 19.1. The van der Waals surface area contributed by atoms with Crippen molar-refractivity contribution < 1.29 is 4.79 Å². The first kappa shape index (κ1) is 23.4. The Hall–Kier alpha value is -1.78.